The third-order valence-electron chi connectivity index (χ3n) is 6.83. The Balaban J connectivity index is 1.68. The lowest BCUT2D eigenvalue weighted by molar-refractivity contribution is -0.115. The minimum Gasteiger partial charge on any atom is -0.366 e. The number of amides is 1. The van der Waals surface area contributed by atoms with E-state index in [9.17, 15) is 4.79 Å². The predicted molar refractivity (Wildman–Crippen MR) is 138 cm³/mol. The highest BCUT2D eigenvalue weighted by atomic mass is 32.2. The summed E-state index contributed by atoms with van der Waals surface area (Å²) in [5, 5.41) is 3.57. The number of carbonyl (C=O) groups is 1. The Labute approximate surface area is 196 Å². The van der Waals surface area contributed by atoms with Gasteiger partial charge in [0.15, 0.2) is 5.17 Å². The highest BCUT2D eigenvalue weighted by molar-refractivity contribution is 8.18. The largest absolute Gasteiger partial charge is 0.366 e. The van der Waals surface area contributed by atoms with Gasteiger partial charge in [-0.1, -0.05) is 19.1 Å². The zero-order valence-electron chi connectivity index (χ0n) is 20.2. The van der Waals surface area contributed by atoms with Crippen molar-refractivity contribution < 1.29 is 4.79 Å². The van der Waals surface area contributed by atoms with E-state index in [1.54, 1.807) is 0 Å². The Morgan fingerprint density at radius 1 is 1.22 bits per heavy atom. The van der Waals surface area contributed by atoms with Gasteiger partial charge >= 0.3 is 0 Å². The van der Waals surface area contributed by atoms with Crippen molar-refractivity contribution in [2.75, 3.05) is 11.4 Å². The topological polar surface area (TPSA) is 44.7 Å². The Morgan fingerprint density at radius 2 is 1.97 bits per heavy atom. The SMILES string of the molecule is CCN1c2cc(C)c(/C=C3\SC(=Nc4cccc(C)c4C)NC3=O)cc2[C@H](C)CC1(C)C. The highest BCUT2D eigenvalue weighted by Crippen LogP contribution is 2.44. The fraction of sp³-hybridized carbons (Fsp3) is 0.407. The quantitative estimate of drug-likeness (QED) is 0.538. The number of amidine groups is 1. The summed E-state index contributed by atoms with van der Waals surface area (Å²) in [4.78, 5) is 20.6. The lowest BCUT2D eigenvalue weighted by Gasteiger charge is -2.47. The lowest BCUT2D eigenvalue weighted by Crippen LogP contribution is -2.48. The van der Waals surface area contributed by atoms with Gasteiger partial charge in [0.2, 0.25) is 0 Å². The molecule has 2 aliphatic heterocycles. The number of hydrogen-bond donors (Lipinski definition) is 1. The summed E-state index contributed by atoms with van der Waals surface area (Å²) >= 11 is 1.41. The molecule has 168 valence electrons. The maximum atomic E-state index is 12.7. The van der Waals surface area contributed by atoms with Gasteiger partial charge < -0.3 is 10.2 Å². The fourth-order valence-electron chi connectivity index (χ4n) is 4.99. The zero-order valence-corrected chi connectivity index (χ0v) is 21.0. The van der Waals surface area contributed by atoms with Crippen LogP contribution in [0.1, 0.15) is 67.9 Å². The molecule has 4 rings (SSSR count). The third-order valence-corrected chi connectivity index (χ3v) is 7.74. The van der Waals surface area contributed by atoms with Crippen LogP contribution < -0.4 is 10.2 Å². The summed E-state index contributed by atoms with van der Waals surface area (Å²) in [6.07, 6.45) is 3.14. The van der Waals surface area contributed by atoms with Gasteiger partial charge in [-0.2, -0.15) is 0 Å². The number of anilines is 1. The first kappa shape index (κ1) is 22.7. The van der Waals surface area contributed by atoms with E-state index in [0.29, 0.717) is 16.0 Å². The average Bonchev–Trinajstić information content (AvgIpc) is 3.05. The van der Waals surface area contributed by atoms with Gasteiger partial charge in [0, 0.05) is 17.8 Å². The molecule has 0 spiro atoms. The van der Waals surface area contributed by atoms with Crippen molar-refractivity contribution in [2.45, 2.75) is 66.3 Å². The standard InChI is InChI=1S/C27H33N3OS/c1-8-30-23-12-17(3)20(13-21(23)18(4)15-27(30,6)7)14-24-25(31)29-26(32-24)28-22-11-9-10-16(2)19(22)5/h9-14,18H,8,15H2,1-7H3,(H,28,29,31)/b24-14-/t18-/m1/s1. The Kier molecular flexibility index (Phi) is 5.97. The normalized spacial score (nSPS) is 22.4. The van der Waals surface area contributed by atoms with Gasteiger partial charge in [0.25, 0.3) is 5.91 Å². The monoisotopic (exact) mass is 447 g/mol. The molecular formula is C27H33N3OS. The molecule has 1 fully saturated rings. The number of thioether (sulfide) groups is 1. The molecular weight excluding hydrogens is 414 g/mol. The van der Waals surface area contributed by atoms with E-state index in [4.69, 9.17) is 4.99 Å². The molecule has 4 nitrogen and oxygen atoms in total. The molecule has 1 amide bonds. The summed E-state index contributed by atoms with van der Waals surface area (Å²) in [7, 11) is 0. The summed E-state index contributed by atoms with van der Waals surface area (Å²) < 4.78 is 0. The number of nitrogens with one attached hydrogen (secondary N) is 1. The van der Waals surface area contributed by atoms with E-state index in [0.717, 1.165) is 29.8 Å². The first-order chi connectivity index (χ1) is 15.1. The molecule has 0 unspecified atom stereocenters. The van der Waals surface area contributed by atoms with Gasteiger partial charge in [-0.15, -0.1) is 0 Å². The summed E-state index contributed by atoms with van der Waals surface area (Å²) in [5.74, 6) is 0.396. The highest BCUT2D eigenvalue weighted by Gasteiger charge is 2.36. The minimum absolute atomic E-state index is 0.0828. The second-order valence-corrected chi connectivity index (χ2v) is 10.7. The fourth-order valence-corrected chi connectivity index (χ4v) is 5.82. The van der Waals surface area contributed by atoms with Crippen LogP contribution in [0.25, 0.3) is 6.08 Å². The van der Waals surface area contributed by atoms with E-state index in [1.807, 2.05) is 18.2 Å². The molecule has 2 aliphatic rings. The van der Waals surface area contributed by atoms with Crippen LogP contribution in [0.5, 0.6) is 0 Å². The first-order valence-electron chi connectivity index (χ1n) is 11.4. The van der Waals surface area contributed by atoms with Crippen LogP contribution in [-0.4, -0.2) is 23.2 Å². The predicted octanol–water partition coefficient (Wildman–Crippen LogP) is 6.62. The van der Waals surface area contributed by atoms with Crippen molar-refractivity contribution in [1.82, 2.24) is 5.32 Å². The second-order valence-electron chi connectivity index (χ2n) is 9.63. The molecule has 2 aromatic carbocycles. The summed E-state index contributed by atoms with van der Waals surface area (Å²) in [6, 6.07) is 10.6. The molecule has 2 heterocycles. The van der Waals surface area contributed by atoms with Crippen molar-refractivity contribution in [2.24, 2.45) is 4.99 Å². The van der Waals surface area contributed by atoms with Gasteiger partial charge in [0.1, 0.15) is 0 Å². The number of aryl methyl sites for hydroxylation is 2. The van der Waals surface area contributed by atoms with Crippen molar-refractivity contribution in [1.29, 1.82) is 0 Å². The number of benzene rings is 2. The summed E-state index contributed by atoms with van der Waals surface area (Å²) in [6.45, 7) is 16.5. The molecule has 0 saturated carbocycles. The van der Waals surface area contributed by atoms with Gasteiger partial charge in [0.05, 0.1) is 10.6 Å². The Bertz CT molecular complexity index is 1150. The van der Waals surface area contributed by atoms with E-state index in [2.05, 4.69) is 76.9 Å². The number of rotatable bonds is 3. The van der Waals surface area contributed by atoms with Crippen LogP contribution in [-0.2, 0) is 4.79 Å². The van der Waals surface area contributed by atoms with Gasteiger partial charge in [-0.3, -0.25) is 4.79 Å². The number of hydrogen-bond acceptors (Lipinski definition) is 4. The molecule has 0 bridgehead atoms. The molecule has 0 radical (unpaired) electrons. The first-order valence-corrected chi connectivity index (χ1v) is 12.2. The maximum Gasteiger partial charge on any atom is 0.264 e. The Hall–Kier alpha value is -2.53. The van der Waals surface area contributed by atoms with E-state index in [-0.39, 0.29) is 11.4 Å². The van der Waals surface area contributed by atoms with Crippen molar-refractivity contribution in [3.05, 3.63) is 63.1 Å². The van der Waals surface area contributed by atoms with Gasteiger partial charge in [-0.25, -0.2) is 4.99 Å². The number of nitrogens with zero attached hydrogens (tertiary/aromatic N) is 2. The van der Waals surface area contributed by atoms with Crippen LogP contribution in [0.4, 0.5) is 11.4 Å². The van der Waals surface area contributed by atoms with E-state index < -0.39 is 0 Å². The van der Waals surface area contributed by atoms with E-state index in [1.165, 1.54) is 34.1 Å². The Morgan fingerprint density at radius 3 is 2.69 bits per heavy atom. The van der Waals surface area contributed by atoms with Gasteiger partial charge in [-0.05, 0) is 118 Å². The summed E-state index contributed by atoms with van der Waals surface area (Å²) in [5.41, 5.74) is 8.37. The minimum atomic E-state index is -0.0828. The third kappa shape index (κ3) is 4.11. The van der Waals surface area contributed by atoms with Crippen LogP contribution >= 0.6 is 11.8 Å². The molecule has 32 heavy (non-hydrogen) atoms. The number of fused-ring (bicyclic) bond motifs is 1. The number of aliphatic imine (C=N–C) groups is 1. The smallest absolute Gasteiger partial charge is 0.264 e. The van der Waals surface area contributed by atoms with Crippen molar-refractivity contribution >= 4 is 40.3 Å². The molecule has 2 aromatic rings. The molecule has 0 aromatic heterocycles. The van der Waals surface area contributed by atoms with Crippen LogP contribution in [0.15, 0.2) is 40.2 Å². The molecule has 0 aliphatic carbocycles. The van der Waals surface area contributed by atoms with Crippen LogP contribution in [0.3, 0.4) is 0 Å². The van der Waals surface area contributed by atoms with Crippen LogP contribution in [0.2, 0.25) is 0 Å². The van der Waals surface area contributed by atoms with Crippen LogP contribution in [0, 0.1) is 20.8 Å². The van der Waals surface area contributed by atoms with E-state index >= 15 is 0 Å². The molecule has 1 atom stereocenters. The molecule has 1 N–H and O–H groups in total. The molecule has 1 saturated heterocycles. The number of carbonyl (C=O) groups excluding carboxylic acids is 1. The zero-order chi connectivity index (χ0) is 23.2. The van der Waals surface area contributed by atoms with Crippen molar-refractivity contribution in [3.8, 4) is 0 Å². The molecule has 5 heteroatoms. The van der Waals surface area contributed by atoms with Crippen molar-refractivity contribution in [3.63, 3.8) is 0 Å². The average molecular weight is 448 g/mol. The lowest BCUT2D eigenvalue weighted by atomic mass is 9.79. The maximum absolute atomic E-state index is 12.7. The second kappa shape index (κ2) is 8.43.